The number of aliphatic imine (C=N–C) groups is 1. The van der Waals surface area contributed by atoms with Crippen LogP contribution in [0.2, 0.25) is 0 Å². The van der Waals surface area contributed by atoms with Crippen LogP contribution in [0.4, 0.5) is 0 Å². The van der Waals surface area contributed by atoms with Crippen molar-refractivity contribution in [3.05, 3.63) is 12.2 Å². The Morgan fingerprint density at radius 2 is 1.75 bits per heavy atom. The number of rotatable bonds is 6. The molecule has 0 bridgehead atoms. The molecule has 28 heavy (non-hydrogen) atoms. The quantitative estimate of drug-likeness (QED) is 0.252. The number of halogens is 1. The van der Waals surface area contributed by atoms with Crippen LogP contribution in [-0.4, -0.2) is 74.0 Å². The van der Waals surface area contributed by atoms with E-state index in [1.165, 1.54) is 38.8 Å². The number of hydrogen-bond acceptors (Lipinski definition) is 3. The van der Waals surface area contributed by atoms with Gasteiger partial charge in [-0.3, -0.25) is 4.79 Å². The Balaban J connectivity index is 0.00000392. The molecule has 1 saturated heterocycles. The average Bonchev–Trinajstić information content (AvgIpc) is 2.64. The topological polar surface area (TPSA) is 60.0 Å². The van der Waals surface area contributed by atoms with Crippen LogP contribution in [0.15, 0.2) is 17.1 Å². The molecule has 162 valence electrons. The van der Waals surface area contributed by atoms with Gasteiger partial charge in [0.2, 0.25) is 5.91 Å². The third-order valence-electron chi connectivity index (χ3n) is 5.80. The van der Waals surface area contributed by atoms with Crippen LogP contribution in [-0.2, 0) is 4.79 Å². The monoisotopic (exact) mass is 505 g/mol. The van der Waals surface area contributed by atoms with Crippen molar-refractivity contribution in [1.29, 1.82) is 0 Å². The van der Waals surface area contributed by atoms with E-state index in [1.54, 1.807) is 19.0 Å². The Bertz CT molecular complexity index is 521. The van der Waals surface area contributed by atoms with Gasteiger partial charge >= 0.3 is 0 Å². The van der Waals surface area contributed by atoms with Crippen LogP contribution < -0.4 is 10.6 Å². The molecule has 0 radical (unpaired) electrons. The minimum Gasteiger partial charge on any atom is -0.354 e. The molecule has 2 aliphatic rings. The van der Waals surface area contributed by atoms with Crippen molar-refractivity contribution < 1.29 is 4.79 Å². The molecule has 7 heteroatoms. The molecule has 0 atom stereocenters. The van der Waals surface area contributed by atoms with Gasteiger partial charge in [-0.05, 0) is 64.5 Å². The summed E-state index contributed by atoms with van der Waals surface area (Å²) in [5, 5.41) is 6.84. The van der Waals surface area contributed by atoms with E-state index in [4.69, 9.17) is 0 Å². The van der Waals surface area contributed by atoms with Gasteiger partial charge in [-0.15, -0.1) is 24.0 Å². The Morgan fingerprint density at radius 1 is 1.14 bits per heavy atom. The molecule has 0 aromatic carbocycles. The first-order valence-corrected chi connectivity index (χ1v) is 10.5. The van der Waals surface area contributed by atoms with Crippen LogP contribution in [0, 0.1) is 5.92 Å². The summed E-state index contributed by atoms with van der Waals surface area (Å²) in [5.74, 6) is 1.63. The van der Waals surface area contributed by atoms with Gasteiger partial charge in [-0.1, -0.05) is 19.1 Å². The van der Waals surface area contributed by atoms with Crippen molar-refractivity contribution in [2.75, 3.05) is 40.3 Å². The third kappa shape index (κ3) is 8.68. The number of carbonyl (C=O) groups is 1. The van der Waals surface area contributed by atoms with Crippen LogP contribution in [0.3, 0.4) is 0 Å². The van der Waals surface area contributed by atoms with Gasteiger partial charge in [0.25, 0.3) is 0 Å². The Kier molecular flexibility index (Phi) is 11.4. The van der Waals surface area contributed by atoms with Crippen LogP contribution in [0.25, 0.3) is 0 Å². The van der Waals surface area contributed by atoms with Gasteiger partial charge in [0.1, 0.15) is 6.54 Å². The van der Waals surface area contributed by atoms with Crippen LogP contribution >= 0.6 is 24.0 Å². The standard InChI is InChI=1S/C21H39N5O.HI/c1-16(2)14-22-21(23-15-20(27)25(4)5)24-18-6-8-19(9-7-18)26-12-10-17(3)11-13-26;/h17-19H,1,6-15H2,2-5H3,(H2,22,23,24);1H. The van der Waals surface area contributed by atoms with E-state index in [2.05, 4.69) is 34.0 Å². The van der Waals surface area contributed by atoms with E-state index in [-0.39, 0.29) is 36.4 Å². The number of nitrogens with one attached hydrogen (secondary N) is 2. The fourth-order valence-electron chi connectivity index (χ4n) is 3.85. The fourth-order valence-corrected chi connectivity index (χ4v) is 3.85. The summed E-state index contributed by atoms with van der Waals surface area (Å²) in [4.78, 5) is 20.6. The minimum absolute atomic E-state index is 0. The van der Waals surface area contributed by atoms with Gasteiger partial charge in [-0.2, -0.15) is 0 Å². The first-order chi connectivity index (χ1) is 12.8. The molecule has 2 rings (SSSR count). The second-order valence-corrected chi connectivity index (χ2v) is 8.63. The highest BCUT2D eigenvalue weighted by molar-refractivity contribution is 14.0. The second-order valence-electron chi connectivity index (χ2n) is 8.63. The summed E-state index contributed by atoms with van der Waals surface area (Å²) >= 11 is 0. The first kappa shape index (κ1) is 25.2. The maximum atomic E-state index is 11.9. The Morgan fingerprint density at radius 3 is 2.29 bits per heavy atom. The zero-order valence-electron chi connectivity index (χ0n) is 18.2. The number of hydrogen-bond donors (Lipinski definition) is 2. The smallest absolute Gasteiger partial charge is 0.243 e. The van der Waals surface area contributed by atoms with E-state index in [1.807, 2.05) is 6.92 Å². The number of nitrogens with zero attached hydrogens (tertiary/aromatic N) is 3. The lowest BCUT2D eigenvalue weighted by Gasteiger charge is -2.40. The lowest BCUT2D eigenvalue weighted by molar-refractivity contribution is -0.127. The number of carbonyl (C=O) groups excluding carboxylic acids is 1. The van der Waals surface area contributed by atoms with Gasteiger partial charge in [-0.25, -0.2) is 4.99 Å². The zero-order valence-corrected chi connectivity index (χ0v) is 20.5. The molecule has 2 N–H and O–H groups in total. The van der Waals surface area contributed by atoms with Crippen molar-refractivity contribution in [3.63, 3.8) is 0 Å². The molecule has 1 saturated carbocycles. The Hall–Kier alpha value is -0.830. The van der Waals surface area contributed by atoms with Crippen LogP contribution in [0.1, 0.15) is 52.4 Å². The molecule has 1 aliphatic carbocycles. The van der Waals surface area contributed by atoms with Crippen molar-refractivity contribution >= 4 is 35.8 Å². The van der Waals surface area contributed by atoms with Crippen molar-refractivity contribution in [3.8, 4) is 0 Å². The van der Waals surface area contributed by atoms with Gasteiger partial charge < -0.3 is 20.4 Å². The number of likely N-dealkylation sites (tertiary alicyclic amines) is 1. The molecular weight excluding hydrogens is 465 g/mol. The second kappa shape index (κ2) is 12.7. The molecule has 1 aliphatic heterocycles. The maximum absolute atomic E-state index is 11.9. The summed E-state index contributed by atoms with van der Waals surface area (Å²) in [5.41, 5.74) is 1.05. The number of amides is 1. The highest BCUT2D eigenvalue weighted by atomic mass is 127. The van der Waals surface area contributed by atoms with E-state index >= 15 is 0 Å². The summed E-state index contributed by atoms with van der Waals surface area (Å²) in [6, 6.07) is 1.17. The summed E-state index contributed by atoms with van der Waals surface area (Å²) < 4.78 is 0. The summed E-state index contributed by atoms with van der Waals surface area (Å²) in [7, 11) is 3.52. The number of piperidine rings is 1. The SMILES string of the molecule is C=C(C)CNC(=NCC(=O)N(C)C)NC1CCC(N2CCC(C)CC2)CC1.I. The minimum atomic E-state index is 0. The maximum Gasteiger partial charge on any atom is 0.243 e. The van der Waals surface area contributed by atoms with Crippen molar-refractivity contribution in [2.24, 2.45) is 10.9 Å². The van der Waals surface area contributed by atoms with Crippen molar-refractivity contribution in [2.45, 2.75) is 64.5 Å². The van der Waals surface area contributed by atoms with Gasteiger partial charge in [0.05, 0.1) is 0 Å². The third-order valence-corrected chi connectivity index (χ3v) is 5.80. The highest BCUT2D eigenvalue weighted by Crippen LogP contribution is 2.27. The van der Waals surface area contributed by atoms with E-state index in [0.717, 1.165) is 36.3 Å². The molecule has 2 fully saturated rings. The normalized spacial score (nSPS) is 24.2. The van der Waals surface area contributed by atoms with Gasteiger partial charge in [0, 0.05) is 32.7 Å². The Labute approximate surface area is 188 Å². The molecular formula is C21H40IN5O. The molecule has 0 aromatic heterocycles. The first-order valence-electron chi connectivity index (χ1n) is 10.5. The number of likely N-dealkylation sites (N-methyl/N-ethyl adjacent to an activating group) is 1. The van der Waals surface area contributed by atoms with E-state index < -0.39 is 0 Å². The van der Waals surface area contributed by atoms with Crippen molar-refractivity contribution in [1.82, 2.24) is 20.4 Å². The highest BCUT2D eigenvalue weighted by Gasteiger charge is 2.28. The molecule has 6 nitrogen and oxygen atoms in total. The fraction of sp³-hybridized carbons (Fsp3) is 0.810. The summed E-state index contributed by atoms with van der Waals surface area (Å²) in [6.07, 6.45) is 7.50. The lowest BCUT2D eigenvalue weighted by atomic mass is 9.88. The van der Waals surface area contributed by atoms with E-state index in [0.29, 0.717) is 12.6 Å². The largest absolute Gasteiger partial charge is 0.354 e. The predicted molar refractivity (Wildman–Crippen MR) is 128 cm³/mol. The summed E-state index contributed by atoms with van der Waals surface area (Å²) in [6.45, 7) is 11.7. The number of guanidine groups is 1. The zero-order chi connectivity index (χ0) is 19.8. The molecule has 0 spiro atoms. The average molecular weight is 505 g/mol. The van der Waals surface area contributed by atoms with Crippen LogP contribution in [0.5, 0.6) is 0 Å². The van der Waals surface area contributed by atoms with Gasteiger partial charge in [0.15, 0.2) is 5.96 Å². The molecule has 0 unspecified atom stereocenters. The predicted octanol–water partition coefficient (Wildman–Crippen LogP) is 2.85. The molecule has 1 heterocycles. The molecule has 1 amide bonds. The molecule has 0 aromatic rings. The lowest BCUT2D eigenvalue weighted by Crippen LogP contribution is -2.49. The van der Waals surface area contributed by atoms with E-state index in [9.17, 15) is 4.79 Å².